The van der Waals surface area contributed by atoms with Gasteiger partial charge in [-0.15, -0.1) is 11.3 Å². The number of nitrogens with zero attached hydrogens (tertiary/aromatic N) is 1. The van der Waals surface area contributed by atoms with Gasteiger partial charge in [0.15, 0.2) is 18.1 Å². The zero-order valence-electron chi connectivity index (χ0n) is 14.9. The van der Waals surface area contributed by atoms with Gasteiger partial charge in [-0.25, -0.2) is 4.98 Å². The van der Waals surface area contributed by atoms with Crippen molar-refractivity contribution in [3.8, 4) is 11.5 Å². The monoisotopic (exact) mass is 368 g/mol. The van der Waals surface area contributed by atoms with Crippen molar-refractivity contribution in [2.45, 2.75) is 13.8 Å². The Balaban J connectivity index is 1.64. The predicted octanol–water partition coefficient (Wildman–Crippen LogP) is 4.66. The number of fused-ring (bicyclic) bond motifs is 1. The number of carbonyl (C=O) groups excluding carboxylic acids is 1. The van der Waals surface area contributed by atoms with E-state index in [1.54, 1.807) is 24.5 Å². The maximum Gasteiger partial charge on any atom is 0.262 e. The molecule has 3 aromatic rings. The Bertz CT molecular complexity index is 963. The summed E-state index contributed by atoms with van der Waals surface area (Å²) in [4.78, 5) is 16.6. The first-order valence-corrected chi connectivity index (χ1v) is 9.01. The maximum absolute atomic E-state index is 12.2. The number of aryl methyl sites for hydroxylation is 1. The van der Waals surface area contributed by atoms with Crippen LogP contribution in [0, 0.1) is 6.92 Å². The molecule has 1 aromatic heterocycles. The smallest absolute Gasteiger partial charge is 0.262 e. The Morgan fingerprint density at radius 3 is 2.85 bits per heavy atom. The third kappa shape index (κ3) is 4.21. The first-order valence-electron chi connectivity index (χ1n) is 8.19. The summed E-state index contributed by atoms with van der Waals surface area (Å²) in [7, 11) is 1.58. The molecule has 0 aliphatic rings. The van der Waals surface area contributed by atoms with Crippen LogP contribution in [0.3, 0.4) is 0 Å². The molecule has 0 aliphatic carbocycles. The molecule has 0 spiro atoms. The van der Waals surface area contributed by atoms with Crippen LogP contribution in [0.1, 0.15) is 17.5 Å². The van der Waals surface area contributed by atoms with Crippen LogP contribution in [0.2, 0.25) is 0 Å². The molecule has 0 saturated heterocycles. The zero-order valence-corrected chi connectivity index (χ0v) is 15.7. The second-order valence-electron chi connectivity index (χ2n) is 5.66. The van der Waals surface area contributed by atoms with Gasteiger partial charge in [-0.05, 0) is 49.7 Å². The lowest BCUT2D eigenvalue weighted by atomic mass is 10.2. The molecule has 3 rings (SSSR count). The first-order chi connectivity index (χ1) is 12.6. The van der Waals surface area contributed by atoms with Crippen LogP contribution in [-0.2, 0) is 4.79 Å². The minimum absolute atomic E-state index is 0.0981. The van der Waals surface area contributed by atoms with Crippen molar-refractivity contribution in [3.63, 3.8) is 0 Å². The second kappa shape index (κ2) is 8.01. The lowest BCUT2D eigenvalue weighted by molar-refractivity contribution is -0.118. The fourth-order valence-corrected chi connectivity index (χ4v) is 3.42. The molecule has 0 radical (unpaired) electrons. The first kappa shape index (κ1) is 17.9. The standard InChI is InChI=1S/C20H20N2O3S/c1-4-5-14-6-9-17(18(10-14)24-3)25-12-20(23)22-15-7-8-16-19(11-15)26-13(2)21-16/h4-11H,12H2,1-3H3,(H,22,23)/b5-4+. The summed E-state index contributed by atoms with van der Waals surface area (Å²) in [6.07, 6.45) is 3.92. The average molecular weight is 368 g/mol. The highest BCUT2D eigenvalue weighted by Gasteiger charge is 2.09. The van der Waals surface area contributed by atoms with Crippen molar-refractivity contribution >= 4 is 39.2 Å². The van der Waals surface area contributed by atoms with E-state index in [4.69, 9.17) is 9.47 Å². The number of aromatic nitrogens is 1. The molecule has 6 heteroatoms. The minimum Gasteiger partial charge on any atom is -0.493 e. The molecule has 0 saturated carbocycles. The predicted molar refractivity (Wildman–Crippen MR) is 106 cm³/mol. The van der Waals surface area contributed by atoms with Crippen LogP contribution in [-0.4, -0.2) is 24.6 Å². The Kier molecular flexibility index (Phi) is 5.53. The average Bonchev–Trinajstić information content (AvgIpc) is 3.00. The fourth-order valence-electron chi connectivity index (χ4n) is 2.56. The number of anilines is 1. The van der Waals surface area contributed by atoms with Crippen LogP contribution < -0.4 is 14.8 Å². The van der Waals surface area contributed by atoms with E-state index in [0.29, 0.717) is 11.5 Å². The zero-order chi connectivity index (χ0) is 18.5. The number of thiazole rings is 1. The van der Waals surface area contributed by atoms with E-state index in [9.17, 15) is 4.79 Å². The van der Waals surface area contributed by atoms with Gasteiger partial charge in [0.1, 0.15) is 0 Å². The number of hydrogen-bond acceptors (Lipinski definition) is 5. The highest BCUT2D eigenvalue weighted by atomic mass is 32.1. The number of nitrogens with one attached hydrogen (secondary N) is 1. The number of rotatable bonds is 6. The number of ether oxygens (including phenoxy) is 2. The summed E-state index contributed by atoms with van der Waals surface area (Å²) in [6, 6.07) is 11.2. The van der Waals surface area contributed by atoms with Crippen LogP contribution >= 0.6 is 11.3 Å². The van der Waals surface area contributed by atoms with E-state index in [0.717, 1.165) is 26.5 Å². The quantitative estimate of drug-likeness (QED) is 0.687. The van der Waals surface area contributed by atoms with Gasteiger partial charge in [-0.2, -0.15) is 0 Å². The van der Waals surface area contributed by atoms with Crippen LogP contribution in [0.15, 0.2) is 42.5 Å². The molecule has 0 bridgehead atoms. The molecule has 0 atom stereocenters. The van der Waals surface area contributed by atoms with Gasteiger partial charge in [-0.1, -0.05) is 18.2 Å². The van der Waals surface area contributed by atoms with Gasteiger partial charge < -0.3 is 14.8 Å². The summed E-state index contributed by atoms with van der Waals surface area (Å²) >= 11 is 1.60. The number of allylic oxidation sites excluding steroid dienone is 1. The number of carbonyl (C=O) groups is 1. The number of methoxy groups -OCH3 is 1. The van der Waals surface area contributed by atoms with E-state index < -0.39 is 0 Å². The molecule has 1 heterocycles. The van der Waals surface area contributed by atoms with Crippen molar-refractivity contribution in [1.82, 2.24) is 4.98 Å². The number of amides is 1. The van der Waals surface area contributed by atoms with Gasteiger partial charge in [0.2, 0.25) is 0 Å². The molecule has 134 valence electrons. The maximum atomic E-state index is 12.2. The molecule has 2 aromatic carbocycles. The van der Waals surface area contributed by atoms with Gasteiger partial charge in [0, 0.05) is 5.69 Å². The topological polar surface area (TPSA) is 60.5 Å². The summed E-state index contributed by atoms with van der Waals surface area (Å²) in [5.41, 5.74) is 2.67. The largest absolute Gasteiger partial charge is 0.493 e. The van der Waals surface area contributed by atoms with Gasteiger partial charge >= 0.3 is 0 Å². The van der Waals surface area contributed by atoms with Crippen LogP contribution in [0.25, 0.3) is 16.3 Å². The van der Waals surface area contributed by atoms with E-state index in [-0.39, 0.29) is 12.5 Å². The van der Waals surface area contributed by atoms with Crippen molar-refractivity contribution in [3.05, 3.63) is 53.0 Å². The van der Waals surface area contributed by atoms with E-state index in [2.05, 4.69) is 10.3 Å². The molecule has 26 heavy (non-hydrogen) atoms. The Labute approximate surface area is 156 Å². The summed E-state index contributed by atoms with van der Waals surface area (Å²) in [5.74, 6) is 0.893. The Morgan fingerprint density at radius 2 is 2.08 bits per heavy atom. The molecule has 5 nitrogen and oxygen atoms in total. The molecule has 0 unspecified atom stereocenters. The second-order valence-corrected chi connectivity index (χ2v) is 6.90. The minimum atomic E-state index is -0.231. The van der Waals surface area contributed by atoms with E-state index in [1.165, 1.54) is 0 Å². The fraction of sp³-hybridized carbons (Fsp3) is 0.200. The van der Waals surface area contributed by atoms with Gasteiger partial charge in [0.25, 0.3) is 5.91 Å². The van der Waals surface area contributed by atoms with Crippen LogP contribution in [0.4, 0.5) is 5.69 Å². The number of hydrogen-bond donors (Lipinski definition) is 1. The van der Waals surface area contributed by atoms with Gasteiger partial charge in [-0.3, -0.25) is 4.79 Å². The molecule has 1 amide bonds. The lowest BCUT2D eigenvalue weighted by Gasteiger charge is -2.11. The molecular formula is C20H20N2O3S. The molecule has 0 fully saturated rings. The Morgan fingerprint density at radius 1 is 1.23 bits per heavy atom. The van der Waals surface area contributed by atoms with Crippen LogP contribution in [0.5, 0.6) is 11.5 Å². The molecule has 0 aliphatic heterocycles. The third-order valence-corrected chi connectivity index (χ3v) is 4.62. The van der Waals surface area contributed by atoms with Crippen molar-refractivity contribution in [2.75, 3.05) is 19.0 Å². The lowest BCUT2D eigenvalue weighted by Crippen LogP contribution is -2.20. The highest BCUT2D eigenvalue weighted by Crippen LogP contribution is 2.29. The molecule has 1 N–H and O–H groups in total. The van der Waals surface area contributed by atoms with Gasteiger partial charge in [0.05, 0.1) is 22.3 Å². The third-order valence-electron chi connectivity index (χ3n) is 3.68. The molecular weight excluding hydrogens is 348 g/mol. The summed E-state index contributed by atoms with van der Waals surface area (Å²) in [5, 5.41) is 3.85. The normalized spacial score (nSPS) is 11.0. The van der Waals surface area contributed by atoms with Crippen molar-refractivity contribution in [2.24, 2.45) is 0 Å². The summed E-state index contributed by atoms with van der Waals surface area (Å²) < 4.78 is 12.0. The van der Waals surface area contributed by atoms with Crippen molar-refractivity contribution < 1.29 is 14.3 Å². The highest BCUT2D eigenvalue weighted by molar-refractivity contribution is 7.18. The Hall–Kier alpha value is -2.86. The SMILES string of the molecule is C/C=C/c1ccc(OCC(=O)Nc2ccc3nc(C)sc3c2)c(OC)c1. The van der Waals surface area contributed by atoms with Crippen molar-refractivity contribution in [1.29, 1.82) is 0 Å². The van der Waals surface area contributed by atoms with E-state index >= 15 is 0 Å². The van der Waals surface area contributed by atoms with E-state index in [1.807, 2.05) is 56.3 Å². The number of benzene rings is 2. The summed E-state index contributed by atoms with van der Waals surface area (Å²) in [6.45, 7) is 3.82.